The van der Waals surface area contributed by atoms with Crippen LogP contribution in [0.1, 0.15) is 37.3 Å². The predicted octanol–water partition coefficient (Wildman–Crippen LogP) is 3.22. The molecule has 0 saturated carbocycles. The SMILES string of the molecule is COC(=O)C1(C)CC(c2ccccc2C(F)(F)F)C([N+](=O)[O-])=C(C)N1. The first-order chi connectivity index (χ1) is 11.5. The third kappa shape index (κ3) is 3.45. The van der Waals surface area contributed by atoms with E-state index < -0.39 is 39.8 Å². The van der Waals surface area contributed by atoms with Gasteiger partial charge >= 0.3 is 12.1 Å². The number of nitrogens with zero attached hydrogens (tertiary/aromatic N) is 1. The van der Waals surface area contributed by atoms with Crippen molar-refractivity contribution in [2.24, 2.45) is 0 Å². The standard InChI is InChI=1S/C16H17F3N2O4/c1-9-13(21(23)24)11(8-15(2,20-9)14(22)25-3)10-6-4-5-7-12(10)16(17,18)19/h4-7,11,20H,8H2,1-3H3. The van der Waals surface area contributed by atoms with Crippen molar-refractivity contribution in [1.82, 2.24) is 5.32 Å². The maximum absolute atomic E-state index is 13.4. The zero-order valence-corrected chi connectivity index (χ0v) is 13.8. The Labute approximate surface area is 141 Å². The van der Waals surface area contributed by atoms with Gasteiger partial charge in [-0.05, 0) is 31.9 Å². The molecule has 0 radical (unpaired) electrons. The monoisotopic (exact) mass is 358 g/mol. The van der Waals surface area contributed by atoms with E-state index in [0.29, 0.717) is 0 Å². The summed E-state index contributed by atoms with van der Waals surface area (Å²) in [5, 5.41) is 14.2. The minimum Gasteiger partial charge on any atom is -0.467 e. The fourth-order valence-corrected chi connectivity index (χ4v) is 3.24. The summed E-state index contributed by atoms with van der Waals surface area (Å²) in [7, 11) is 1.15. The van der Waals surface area contributed by atoms with E-state index >= 15 is 0 Å². The van der Waals surface area contributed by atoms with Crippen molar-refractivity contribution in [3.8, 4) is 0 Å². The van der Waals surface area contributed by atoms with E-state index in [2.05, 4.69) is 5.32 Å². The first-order valence-corrected chi connectivity index (χ1v) is 7.39. The van der Waals surface area contributed by atoms with Gasteiger partial charge in [0.25, 0.3) is 5.70 Å². The number of ether oxygens (including phenoxy) is 1. The lowest BCUT2D eigenvalue weighted by Gasteiger charge is -2.37. The second-order valence-corrected chi connectivity index (χ2v) is 6.06. The number of allylic oxidation sites excluding steroid dienone is 2. The van der Waals surface area contributed by atoms with E-state index in [1.165, 1.54) is 32.0 Å². The molecule has 0 spiro atoms. The zero-order valence-electron chi connectivity index (χ0n) is 13.8. The van der Waals surface area contributed by atoms with Gasteiger partial charge in [0.05, 0.1) is 29.2 Å². The molecule has 6 nitrogen and oxygen atoms in total. The summed E-state index contributed by atoms with van der Waals surface area (Å²) < 4.78 is 44.8. The van der Waals surface area contributed by atoms with Crippen molar-refractivity contribution in [3.05, 3.63) is 56.9 Å². The number of alkyl halides is 3. The summed E-state index contributed by atoms with van der Waals surface area (Å²) in [5.41, 5.74) is -2.93. The molecule has 1 aromatic carbocycles. The van der Waals surface area contributed by atoms with Gasteiger partial charge in [0.15, 0.2) is 0 Å². The summed E-state index contributed by atoms with van der Waals surface area (Å²) >= 11 is 0. The van der Waals surface area contributed by atoms with Crippen LogP contribution in [-0.4, -0.2) is 23.5 Å². The molecular weight excluding hydrogens is 341 g/mol. The van der Waals surface area contributed by atoms with Gasteiger partial charge < -0.3 is 10.1 Å². The van der Waals surface area contributed by atoms with Crippen LogP contribution in [0.2, 0.25) is 0 Å². The first-order valence-electron chi connectivity index (χ1n) is 7.39. The maximum Gasteiger partial charge on any atom is 0.416 e. The van der Waals surface area contributed by atoms with Gasteiger partial charge in [-0.15, -0.1) is 0 Å². The number of halogens is 3. The van der Waals surface area contributed by atoms with Gasteiger partial charge in [0.1, 0.15) is 5.54 Å². The fourth-order valence-electron chi connectivity index (χ4n) is 3.24. The number of nitrogens with one attached hydrogen (secondary N) is 1. The quantitative estimate of drug-likeness (QED) is 0.510. The highest BCUT2D eigenvalue weighted by molar-refractivity contribution is 5.81. The third-order valence-electron chi connectivity index (χ3n) is 4.26. The van der Waals surface area contributed by atoms with Gasteiger partial charge in [-0.1, -0.05) is 18.2 Å². The highest BCUT2D eigenvalue weighted by Crippen LogP contribution is 2.43. The van der Waals surface area contributed by atoms with E-state index in [1.807, 2.05) is 0 Å². The van der Waals surface area contributed by atoms with Crippen LogP contribution >= 0.6 is 0 Å². The van der Waals surface area contributed by atoms with Gasteiger partial charge in [-0.25, -0.2) is 4.79 Å². The number of carbonyl (C=O) groups excluding carboxylic acids is 1. The molecule has 0 aliphatic carbocycles. The van der Waals surface area contributed by atoms with Crippen LogP contribution in [0.15, 0.2) is 35.7 Å². The minimum atomic E-state index is -4.67. The number of hydrogen-bond donors (Lipinski definition) is 1. The molecule has 1 aromatic rings. The van der Waals surface area contributed by atoms with E-state index in [0.717, 1.165) is 13.2 Å². The second kappa shape index (κ2) is 6.38. The van der Waals surface area contributed by atoms with Crippen LogP contribution in [0.3, 0.4) is 0 Å². The number of hydrogen-bond acceptors (Lipinski definition) is 5. The van der Waals surface area contributed by atoms with Crippen molar-refractivity contribution in [1.29, 1.82) is 0 Å². The Morgan fingerprint density at radius 1 is 1.40 bits per heavy atom. The fraction of sp³-hybridized carbons (Fsp3) is 0.438. The molecule has 136 valence electrons. The molecule has 0 aromatic heterocycles. The molecule has 0 bridgehead atoms. The van der Waals surface area contributed by atoms with Crippen LogP contribution in [0.4, 0.5) is 13.2 Å². The number of methoxy groups -OCH3 is 1. The number of nitro groups is 1. The minimum absolute atomic E-state index is 0.0335. The van der Waals surface area contributed by atoms with Crippen molar-refractivity contribution in [2.75, 3.05) is 7.11 Å². The average molecular weight is 358 g/mol. The van der Waals surface area contributed by atoms with E-state index in [9.17, 15) is 28.1 Å². The van der Waals surface area contributed by atoms with Gasteiger partial charge in [-0.2, -0.15) is 13.2 Å². The molecular formula is C16H17F3N2O4. The summed E-state index contributed by atoms with van der Waals surface area (Å²) in [4.78, 5) is 22.8. The average Bonchev–Trinajstić information content (AvgIpc) is 2.52. The Balaban J connectivity index is 2.67. The van der Waals surface area contributed by atoms with Crippen LogP contribution < -0.4 is 5.32 Å². The van der Waals surface area contributed by atoms with Crippen LogP contribution in [0.5, 0.6) is 0 Å². The van der Waals surface area contributed by atoms with Gasteiger partial charge in [-0.3, -0.25) is 10.1 Å². The molecule has 0 saturated heterocycles. The topological polar surface area (TPSA) is 81.5 Å². The molecule has 1 aliphatic heterocycles. The Kier molecular flexibility index (Phi) is 4.79. The van der Waals surface area contributed by atoms with Crippen LogP contribution in [0, 0.1) is 10.1 Å². The molecule has 9 heteroatoms. The van der Waals surface area contributed by atoms with Gasteiger partial charge in [0, 0.05) is 0 Å². The van der Waals surface area contributed by atoms with Crippen LogP contribution in [0.25, 0.3) is 0 Å². The van der Waals surface area contributed by atoms with Crippen LogP contribution in [-0.2, 0) is 15.7 Å². The van der Waals surface area contributed by atoms with Gasteiger partial charge in [0.2, 0.25) is 0 Å². The van der Waals surface area contributed by atoms with Crippen molar-refractivity contribution in [2.45, 2.75) is 37.9 Å². The lowest BCUT2D eigenvalue weighted by molar-refractivity contribution is -0.433. The lowest BCUT2D eigenvalue weighted by Crippen LogP contribution is -2.54. The summed E-state index contributed by atoms with van der Waals surface area (Å²) in [6.07, 6.45) is -4.90. The molecule has 2 rings (SSSR count). The first kappa shape index (κ1) is 18.8. The molecule has 2 atom stereocenters. The highest BCUT2D eigenvalue weighted by atomic mass is 19.4. The zero-order chi connectivity index (χ0) is 19.0. The largest absolute Gasteiger partial charge is 0.467 e. The lowest BCUT2D eigenvalue weighted by atomic mass is 9.77. The molecule has 1 N–H and O–H groups in total. The number of benzene rings is 1. The predicted molar refractivity (Wildman–Crippen MR) is 82.1 cm³/mol. The molecule has 1 aliphatic rings. The summed E-state index contributed by atoms with van der Waals surface area (Å²) in [6, 6.07) is 4.68. The van der Waals surface area contributed by atoms with E-state index in [1.54, 1.807) is 0 Å². The molecule has 0 amide bonds. The van der Waals surface area contributed by atoms with Crippen molar-refractivity contribution >= 4 is 5.97 Å². The number of rotatable bonds is 3. The number of carbonyl (C=O) groups is 1. The van der Waals surface area contributed by atoms with E-state index in [-0.39, 0.29) is 17.7 Å². The summed E-state index contributed by atoms with van der Waals surface area (Å²) in [6.45, 7) is 2.81. The molecule has 0 fully saturated rings. The Morgan fingerprint density at radius 3 is 2.52 bits per heavy atom. The Hall–Kier alpha value is -2.58. The second-order valence-electron chi connectivity index (χ2n) is 6.06. The molecule has 1 heterocycles. The van der Waals surface area contributed by atoms with Crippen molar-refractivity contribution in [3.63, 3.8) is 0 Å². The normalized spacial score (nSPS) is 23.8. The van der Waals surface area contributed by atoms with E-state index in [4.69, 9.17) is 4.74 Å². The van der Waals surface area contributed by atoms with Crippen molar-refractivity contribution < 1.29 is 27.6 Å². The molecule has 2 unspecified atom stereocenters. The Morgan fingerprint density at radius 2 is 2.00 bits per heavy atom. The molecule has 25 heavy (non-hydrogen) atoms. The third-order valence-corrected chi connectivity index (χ3v) is 4.26. The highest BCUT2D eigenvalue weighted by Gasteiger charge is 2.49. The summed E-state index contributed by atoms with van der Waals surface area (Å²) in [5.74, 6) is -1.91. The Bertz CT molecular complexity index is 745. The number of esters is 1. The smallest absolute Gasteiger partial charge is 0.416 e. The maximum atomic E-state index is 13.4.